The minimum atomic E-state index is -0.708. The summed E-state index contributed by atoms with van der Waals surface area (Å²) in [6.07, 6.45) is 0. The molecule has 2 amide bonds. The van der Waals surface area contributed by atoms with Crippen molar-refractivity contribution in [3.63, 3.8) is 0 Å². The predicted molar refractivity (Wildman–Crippen MR) is 147 cm³/mol. The van der Waals surface area contributed by atoms with Gasteiger partial charge in [0.1, 0.15) is 6.04 Å². The van der Waals surface area contributed by atoms with Gasteiger partial charge in [0, 0.05) is 5.69 Å². The second kappa shape index (κ2) is 12.4. The number of amides is 2. The molecular formula is C31H30N4O2. The highest BCUT2D eigenvalue weighted by Crippen LogP contribution is 2.26. The highest BCUT2D eigenvalue weighted by atomic mass is 16.2. The molecule has 0 aliphatic heterocycles. The van der Waals surface area contributed by atoms with Crippen LogP contribution in [0.15, 0.2) is 125 Å². The monoisotopic (exact) mass is 490 g/mol. The van der Waals surface area contributed by atoms with E-state index in [1.165, 1.54) is 0 Å². The van der Waals surface area contributed by atoms with Crippen molar-refractivity contribution >= 4 is 28.9 Å². The van der Waals surface area contributed by atoms with Crippen LogP contribution in [0.25, 0.3) is 0 Å². The molecule has 0 spiro atoms. The van der Waals surface area contributed by atoms with Gasteiger partial charge in [0.15, 0.2) is 0 Å². The summed E-state index contributed by atoms with van der Waals surface area (Å²) in [4.78, 5) is 26.7. The van der Waals surface area contributed by atoms with Crippen molar-refractivity contribution in [3.8, 4) is 0 Å². The fraction of sp³-hybridized carbons (Fsp3) is 0.161. The summed E-state index contributed by atoms with van der Waals surface area (Å²) >= 11 is 0. The van der Waals surface area contributed by atoms with Gasteiger partial charge in [-0.25, -0.2) is 0 Å². The highest BCUT2D eigenvalue weighted by molar-refractivity contribution is 5.99. The van der Waals surface area contributed by atoms with Gasteiger partial charge < -0.3 is 10.6 Å². The van der Waals surface area contributed by atoms with E-state index in [2.05, 4.69) is 20.9 Å². The van der Waals surface area contributed by atoms with Crippen LogP contribution >= 0.6 is 0 Å². The summed E-state index contributed by atoms with van der Waals surface area (Å²) in [6, 6.07) is 35.1. The van der Waals surface area contributed by atoms with Crippen molar-refractivity contribution in [1.29, 1.82) is 0 Å². The Balaban J connectivity index is 1.46. The zero-order chi connectivity index (χ0) is 26.0. The van der Waals surface area contributed by atoms with E-state index in [0.717, 1.165) is 16.8 Å². The highest BCUT2D eigenvalue weighted by Gasteiger charge is 2.29. The van der Waals surface area contributed by atoms with Crippen LogP contribution in [0, 0.1) is 5.92 Å². The molecule has 37 heavy (non-hydrogen) atoms. The maximum absolute atomic E-state index is 13.5. The summed E-state index contributed by atoms with van der Waals surface area (Å²) < 4.78 is 0. The normalized spacial score (nSPS) is 12.0. The number of hydrogen-bond donors (Lipinski definition) is 2. The summed E-state index contributed by atoms with van der Waals surface area (Å²) in [5.41, 5.74) is 3.79. The first-order chi connectivity index (χ1) is 18.0. The number of anilines is 1. The van der Waals surface area contributed by atoms with Gasteiger partial charge in [0.25, 0.3) is 0 Å². The fourth-order valence-corrected chi connectivity index (χ4v) is 4.00. The molecule has 0 saturated carbocycles. The zero-order valence-corrected chi connectivity index (χ0v) is 20.9. The summed E-state index contributed by atoms with van der Waals surface area (Å²) in [5.74, 6) is -1.13. The largest absolute Gasteiger partial charge is 0.343 e. The van der Waals surface area contributed by atoms with Crippen LogP contribution in [0.3, 0.4) is 0 Å². The fourth-order valence-electron chi connectivity index (χ4n) is 4.00. The van der Waals surface area contributed by atoms with Crippen LogP contribution in [0.4, 0.5) is 17.1 Å². The third-order valence-corrected chi connectivity index (χ3v) is 5.95. The number of hydrogen-bond acceptors (Lipinski definition) is 4. The Hall–Kier alpha value is -4.58. The SMILES string of the molecule is CC(C)[C@H](NC(=O)C(c1ccccc1)c1ccccc1)C(=O)Nc1ccc(N=Nc2ccccc2)cc1. The number of carbonyl (C=O) groups excluding carboxylic acids is 2. The quantitative estimate of drug-likeness (QED) is 0.247. The Morgan fingerprint density at radius 2 is 1.05 bits per heavy atom. The van der Waals surface area contributed by atoms with E-state index in [-0.39, 0.29) is 17.7 Å². The Morgan fingerprint density at radius 3 is 1.54 bits per heavy atom. The Bertz CT molecular complexity index is 1280. The molecule has 0 aromatic heterocycles. The van der Waals surface area contributed by atoms with Gasteiger partial charge in [0.2, 0.25) is 11.8 Å². The van der Waals surface area contributed by atoms with E-state index in [4.69, 9.17) is 0 Å². The second-order valence-electron chi connectivity index (χ2n) is 9.06. The van der Waals surface area contributed by atoms with Crippen molar-refractivity contribution in [2.45, 2.75) is 25.8 Å². The summed E-state index contributed by atoms with van der Waals surface area (Å²) in [6.45, 7) is 3.83. The van der Waals surface area contributed by atoms with E-state index in [0.29, 0.717) is 11.4 Å². The third-order valence-electron chi connectivity index (χ3n) is 5.95. The average molecular weight is 491 g/mol. The number of nitrogens with one attached hydrogen (secondary N) is 2. The topological polar surface area (TPSA) is 82.9 Å². The molecule has 0 unspecified atom stereocenters. The third kappa shape index (κ3) is 6.98. The van der Waals surface area contributed by atoms with Gasteiger partial charge in [-0.2, -0.15) is 10.2 Å². The Kier molecular flexibility index (Phi) is 8.55. The molecule has 2 N–H and O–H groups in total. The van der Waals surface area contributed by atoms with Crippen molar-refractivity contribution in [1.82, 2.24) is 5.32 Å². The van der Waals surface area contributed by atoms with Gasteiger partial charge in [-0.05, 0) is 53.4 Å². The van der Waals surface area contributed by atoms with Crippen molar-refractivity contribution in [3.05, 3.63) is 126 Å². The molecule has 0 radical (unpaired) electrons. The molecule has 4 aromatic carbocycles. The van der Waals surface area contributed by atoms with Crippen molar-refractivity contribution < 1.29 is 9.59 Å². The molecule has 0 saturated heterocycles. The first-order valence-electron chi connectivity index (χ1n) is 12.3. The Labute approximate surface area is 217 Å². The standard InChI is InChI=1S/C31H30N4O2/c1-22(2)29(33-30(36)28(23-12-6-3-7-13-23)24-14-8-4-9-15-24)31(37)32-25-18-20-27(21-19-25)35-34-26-16-10-5-11-17-26/h3-22,28-29H,1-2H3,(H,32,37)(H,33,36)/t29-/m0/s1. The van der Waals surface area contributed by atoms with Gasteiger partial charge >= 0.3 is 0 Å². The van der Waals surface area contributed by atoms with E-state index < -0.39 is 12.0 Å². The molecule has 0 bridgehead atoms. The number of benzene rings is 4. The summed E-state index contributed by atoms with van der Waals surface area (Å²) in [7, 11) is 0. The van der Waals surface area contributed by atoms with Crippen LogP contribution < -0.4 is 10.6 Å². The van der Waals surface area contributed by atoms with E-state index in [1.54, 1.807) is 24.3 Å². The maximum atomic E-state index is 13.5. The molecule has 0 heterocycles. The van der Waals surface area contributed by atoms with Crippen LogP contribution in [0.2, 0.25) is 0 Å². The number of rotatable bonds is 9. The lowest BCUT2D eigenvalue weighted by molar-refractivity contribution is -0.127. The smallest absolute Gasteiger partial charge is 0.247 e. The molecule has 0 aliphatic carbocycles. The molecule has 1 atom stereocenters. The van der Waals surface area contributed by atoms with Crippen LogP contribution in [0.5, 0.6) is 0 Å². The molecule has 6 nitrogen and oxygen atoms in total. The maximum Gasteiger partial charge on any atom is 0.247 e. The summed E-state index contributed by atoms with van der Waals surface area (Å²) in [5, 5.41) is 14.4. The lowest BCUT2D eigenvalue weighted by atomic mass is 9.89. The van der Waals surface area contributed by atoms with Gasteiger partial charge in [-0.3, -0.25) is 9.59 Å². The average Bonchev–Trinajstić information content (AvgIpc) is 2.93. The molecule has 186 valence electrons. The van der Waals surface area contributed by atoms with E-state index in [9.17, 15) is 9.59 Å². The van der Waals surface area contributed by atoms with Crippen molar-refractivity contribution in [2.24, 2.45) is 16.1 Å². The number of nitrogens with zero attached hydrogens (tertiary/aromatic N) is 2. The van der Waals surface area contributed by atoms with Gasteiger partial charge in [0.05, 0.1) is 17.3 Å². The van der Waals surface area contributed by atoms with E-state index in [1.807, 2.05) is 105 Å². The first-order valence-corrected chi connectivity index (χ1v) is 12.3. The van der Waals surface area contributed by atoms with E-state index >= 15 is 0 Å². The van der Waals surface area contributed by atoms with Gasteiger partial charge in [-0.15, -0.1) is 0 Å². The van der Waals surface area contributed by atoms with Crippen LogP contribution in [0.1, 0.15) is 30.9 Å². The van der Waals surface area contributed by atoms with Gasteiger partial charge in [-0.1, -0.05) is 92.7 Å². The van der Waals surface area contributed by atoms with Crippen LogP contribution in [-0.2, 0) is 9.59 Å². The predicted octanol–water partition coefficient (Wildman–Crippen LogP) is 7.01. The molecule has 0 fully saturated rings. The van der Waals surface area contributed by atoms with Crippen LogP contribution in [-0.4, -0.2) is 17.9 Å². The lowest BCUT2D eigenvalue weighted by Gasteiger charge is -2.25. The molecular weight excluding hydrogens is 460 g/mol. The Morgan fingerprint density at radius 1 is 0.595 bits per heavy atom. The zero-order valence-electron chi connectivity index (χ0n) is 20.9. The number of carbonyl (C=O) groups is 2. The second-order valence-corrected chi connectivity index (χ2v) is 9.06. The minimum absolute atomic E-state index is 0.116. The number of azo groups is 1. The molecule has 0 aliphatic rings. The van der Waals surface area contributed by atoms with Crippen molar-refractivity contribution in [2.75, 3.05) is 5.32 Å². The lowest BCUT2D eigenvalue weighted by Crippen LogP contribution is -2.48. The minimum Gasteiger partial charge on any atom is -0.343 e. The molecule has 4 rings (SSSR count). The molecule has 6 heteroatoms. The first kappa shape index (κ1) is 25.5. The molecule has 4 aromatic rings.